The van der Waals surface area contributed by atoms with Gasteiger partial charge in [-0.1, -0.05) is 6.92 Å². The molecule has 0 saturated heterocycles. The third kappa shape index (κ3) is 4.71. The number of hydrogen-bond donors (Lipinski definition) is 1. The molecule has 0 unspecified atom stereocenters. The van der Waals surface area contributed by atoms with Crippen LogP contribution < -0.4 is 10.1 Å². The lowest BCUT2D eigenvalue weighted by atomic mass is 10.2. The standard InChI is InChI=1S/C13H20N2O3/c1-3-7-14-8-4-9-18-13-6-5-12(15(16)17)10-11(13)2/h5-6,10,14H,3-4,7-9H2,1-2H3. The highest BCUT2D eigenvalue weighted by molar-refractivity contribution is 5.42. The molecule has 0 fully saturated rings. The predicted octanol–water partition coefficient (Wildman–Crippen LogP) is 2.67. The maximum absolute atomic E-state index is 10.6. The van der Waals surface area contributed by atoms with Gasteiger partial charge in [0.2, 0.25) is 0 Å². The second-order valence-electron chi connectivity index (χ2n) is 4.16. The average Bonchev–Trinajstić information content (AvgIpc) is 2.35. The Labute approximate surface area is 107 Å². The highest BCUT2D eigenvalue weighted by Gasteiger charge is 2.08. The Kier molecular flexibility index (Phi) is 6.14. The van der Waals surface area contributed by atoms with E-state index in [1.54, 1.807) is 6.07 Å². The van der Waals surface area contributed by atoms with E-state index in [0.29, 0.717) is 6.61 Å². The van der Waals surface area contributed by atoms with E-state index in [1.165, 1.54) is 12.1 Å². The number of rotatable bonds is 8. The lowest BCUT2D eigenvalue weighted by molar-refractivity contribution is -0.384. The zero-order chi connectivity index (χ0) is 13.4. The fourth-order valence-electron chi connectivity index (χ4n) is 1.59. The summed E-state index contributed by atoms with van der Waals surface area (Å²) < 4.78 is 5.59. The second-order valence-corrected chi connectivity index (χ2v) is 4.16. The van der Waals surface area contributed by atoms with Gasteiger partial charge in [-0.2, -0.15) is 0 Å². The molecule has 0 aliphatic carbocycles. The number of nitrogens with zero attached hydrogens (tertiary/aromatic N) is 1. The Morgan fingerprint density at radius 2 is 2.17 bits per heavy atom. The topological polar surface area (TPSA) is 64.4 Å². The number of ether oxygens (including phenoxy) is 1. The fourth-order valence-corrected chi connectivity index (χ4v) is 1.59. The molecule has 0 aliphatic rings. The van der Waals surface area contributed by atoms with Crippen LogP contribution in [0, 0.1) is 17.0 Å². The molecule has 0 saturated carbocycles. The maximum atomic E-state index is 10.6. The number of nitro benzene ring substituents is 1. The van der Waals surface area contributed by atoms with Gasteiger partial charge in [0.05, 0.1) is 11.5 Å². The molecule has 5 nitrogen and oxygen atoms in total. The van der Waals surface area contributed by atoms with Crippen molar-refractivity contribution in [1.29, 1.82) is 0 Å². The summed E-state index contributed by atoms with van der Waals surface area (Å²) in [6.07, 6.45) is 2.05. The molecule has 0 spiro atoms. The lowest BCUT2D eigenvalue weighted by Gasteiger charge is -2.09. The summed E-state index contributed by atoms with van der Waals surface area (Å²) in [6.45, 7) is 6.52. The quantitative estimate of drug-likeness (QED) is 0.439. The van der Waals surface area contributed by atoms with E-state index in [9.17, 15) is 10.1 Å². The van der Waals surface area contributed by atoms with Crippen molar-refractivity contribution in [1.82, 2.24) is 5.32 Å². The van der Waals surface area contributed by atoms with Crippen molar-refractivity contribution < 1.29 is 9.66 Å². The number of nitro groups is 1. The molecule has 0 bridgehead atoms. The molecule has 0 atom stereocenters. The number of aryl methyl sites for hydroxylation is 1. The van der Waals surface area contributed by atoms with Crippen molar-refractivity contribution in [2.45, 2.75) is 26.7 Å². The molecule has 0 amide bonds. The molecule has 1 aromatic rings. The van der Waals surface area contributed by atoms with Gasteiger partial charge < -0.3 is 10.1 Å². The van der Waals surface area contributed by atoms with Crippen LogP contribution in [0.4, 0.5) is 5.69 Å². The minimum absolute atomic E-state index is 0.101. The van der Waals surface area contributed by atoms with Crippen LogP contribution >= 0.6 is 0 Å². The van der Waals surface area contributed by atoms with Crippen LogP contribution in [0.2, 0.25) is 0 Å². The fraction of sp³-hybridized carbons (Fsp3) is 0.538. The molecule has 1 aromatic carbocycles. The summed E-state index contributed by atoms with van der Waals surface area (Å²) in [5, 5.41) is 13.9. The van der Waals surface area contributed by atoms with Gasteiger partial charge in [-0.15, -0.1) is 0 Å². The average molecular weight is 252 g/mol. The number of hydrogen-bond acceptors (Lipinski definition) is 4. The lowest BCUT2D eigenvalue weighted by Crippen LogP contribution is -2.18. The number of benzene rings is 1. The molecule has 100 valence electrons. The molecule has 1 rings (SSSR count). The summed E-state index contributed by atoms with van der Waals surface area (Å²) in [4.78, 5) is 10.2. The number of non-ortho nitro benzene ring substituents is 1. The third-order valence-corrected chi connectivity index (χ3v) is 2.55. The molecular formula is C13H20N2O3. The normalized spacial score (nSPS) is 10.3. The first kappa shape index (κ1) is 14.4. The van der Waals surface area contributed by atoms with Gasteiger partial charge in [0.1, 0.15) is 5.75 Å². The molecule has 0 aromatic heterocycles. The van der Waals surface area contributed by atoms with Crippen LogP contribution in [0.3, 0.4) is 0 Å². The minimum Gasteiger partial charge on any atom is -0.493 e. The minimum atomic E-state index is -0.397. The van der Waals surface area contributed by atoms with Crippen molar-refractivity contribution in [2.75, 3.05) is 19.7 Å². The van der Waals surface area contributed by atoms with E-state index in [0.717, 1.165) is 37.2 Å². The van der Waals surface area contributed by atoms with E-state index in [-0.39, 0.29) is 5.69 Å². The molecule has 1 N–H and O–H groups in total. The van der Waals surface area contributed by atoms with E-state index in [2.05, 4.69) is 12.2 Å². The van der Waals surface area contributed by atoms with Crippen molar-refractivity contribution in [3.05, 3.63) is 33.9 Å². The maximum Gasteiger partial charge on any atom is 0.269 e. The van der Waals surface area contributed by atoms with Crippen LogP contribution in [-0.2, 0) is 0 Å². The summed E-state index contributed by atoms with van der Waals surface area (Å²) in [5.41, 5.74) is 0.898. The highest BCUT2D eigenvalue weighted by Crippen LogP contribution is 2.23. The second kappa shape index (κ2) is 7.66. The van der Waals surface area contributed by atoms with Gasteiger partial charge in [-0.25, -0.2) is 0 Å². The first-order valence-electron chi connectivity index (χ1n) is 6.23. The Bertz CT molecular complexity index is 394. The highest BCUT2D eigenvalue weighted by atomic mass is 16.6. The molecular weight excluding hydrogens is 232 g/mol. The van der Waals surface area contributed by atoms with E-state index in [1.807, 2.05) is 6.92 Å². The smallest absolute Gasteiger partial charge is 0.269 e. The zero-order valence-corrected chi connectivity index (χ0v) is 10.9. The summed E-state index contributed by atoms with van der Waals surface area (Å²) >= 11 is 0. The van der Waals surface area contributed by atoms with Gasteiger partial charge in [0.15, 0.2) is 0 Å². The van der Waals surface area contributed by atoms with E-state index >= 15 is 0 Å². The van der Waals surface area contributed by atoms with E-state index < -0.39 is 4.92 Å². The van der Waals surface area contributed by atoms with Crippen LogP contribution in [0.15, 0.2) is 18.2 Å². The zero-order valence-electron chi connectivity index (χ0n) is 10.9. The first-order valence-corrected chi connectivity index (χ1v) is 6.23. The van der Waals surface area contributed by atoms with Crippen LogP contribution in [0.25, 0.3) is 0 Å². The van der Waals surface area contributed by atoms with E-state index in [4.69, 9.17) is 4.74 Å². The first-order chi connectivity index (χ1) is 8.65. The molecule has 0 heterocycles. The van der Waals surface area contributed by atoms with Gasteiger partial charge in [0.25, 0.3) is 5.69 Å². The van der Waals surface area contributed by atoms with Gasteiger partial charge in [-0.3, -0.25) is 10.1 Å². The molecule has 0 aliphatic heterocycles. The Morgan fingerprint density at radius 3 is 2.78 bits per heavy atom. The Balaban J connectivity index is 2.36. The molecule has 5 heteroatoms. The van der Waals surface area contributed by atoms with Gasteiger partial charge in [0, 0.05) is 12.1 Å². The molecule has 18 heavy (non-hydrogen) atoms. The van der Waals surface area contributed by atoms with Gasteiger partial charge in [-0.05, 0) is 44.5 Å². The third-order valence-electron chi connectivity index (χ3n) is 2.55. The van der Waals surface area contributed by atoms with Crippen LogP contribution in [0.1, 0.15) is 25.3 Å². The van der Waals surface area contributed by atoms with Crippen molar-refractivity contribution in [3.8, 4) is 5.75 Å². The van der Waals surface area contributed by atoms with Crippen LogP contribution in [0.5, 0.6) is 5.75 Å². The Hall–Kier alpha value is -1.62. The van der Waals surface area contributed by atoms with Crippen molar-refractivity contribution in [2.24, 2.45) is 0 Å². The largest absolute Gasteiger partial charge is 0.493 e. The van der Waals surface area contributed by atoms with Crippen molar-refractivity contribution in [3.63, 3.8) is 0 Å². The predicted molar refractivity (Wildman–Crippen MR) is 71.1 cm³/mol. The summed E-state index contributed by atoms with van der Waals surface area (Å²) in [6, 6.07) is 4.66. The van der Waals surface area contributed by atoms with Crippen molar-refractivity contribution >= 4 is 5.69 Å². The summed E-state index contributed by atoms with van der Waals surface area (Å²) in [5.74, 6) is 0.719. The van der Waals surface area contributed by atoms with Crippen LogP contribution in [-0.4, -0.2) is 24.6 Å². The molecule has 0 radical (unpaired) electrons. The monoisotopic (exact) mass is 252 g/mol. The number of nitrogens with one attached hydrogen (secondary N) is 1. The Morgan fingerprint density at radius 1 is 1.39 bits per heavy atom. The van der Waals surface area contributed by atoms with Gasteiger partial charge >= 0.3 is 0 Å². The summed E-state index contributed by atoms with van der Waals surface area (Å²) in [7, 11) is 0. The SMILES string of the molecule is CCCNCCCOc1ccc([N+](=O)[O-])cc1C.